The van der Waals surface area contributed by atoms with Gasteiger partial charge in [0, 0.05) is 13.2 Å². The second-order valence-corrected chi connectivity index (χ2v) is 3.94. The molecule has 2 aromatic carbocycles. The van der Waals surface area contributed by atoms with E-state index in [-0.39, 0.29) is 0 Å². The molecule has 1 nitrogen and oxygen atoms in total. The summed E-state index contributed by atoms with van der Waals surface area (Å²) >= 11 is 0. The Hall–Kier alpha value is -1.34. The fourth-order valence-electron chi connectivity index (χ4n) is 2.02. The molecule has 0 aliphatic rings. The zero-order valence-corrected chi connectivity index (χ0v) is 9.78. The Morgan fingerprint density at radius 2 is 1.81 bits per heavy atom. The molecule has 0 spiro atoms. The van der Waals surface area contributed by atoms with Crippen molar-refractivity contribution in [2.45, 2.75) is 19.8 Å². The van der Waals surface area contributed by atoms with Crippen LogP contribution in [0, 0.1) is 0 Å². The van der Waals surface area contributed by atoms with Crippen molar-refractivity contribution in [3.63, 3.8) is 0 Å². The van der Waals surface area contributed by atoms with Gasteiger partial charge in [-0.2, -0.15) is 0 Å². The van der Waals surface area contributed by atoms with E-state index in [9.17, 15) is 0 Å². The average molecular weight is 214 g/mol. The summed E-state index contributed by atoms with van der Waals surface area (Å²) in [6, 6.07) is 15.1. The van der Waals surface area contributed by atoms with Crippen molar-refractivity contribution in [1.29, 1.82) is 0 Å². The zero-order chi connectivity index (χ0) is 11.2. The summed E-state index contributed by atoms with van der Waals surface area (Å²) in [5.74, 6) is 0. The molecule has 0 atom stereocenters. The van der Waals surface area contributed by atoms with E-state index in [0.717, 1.165) is 26.1 Å². The number of hydrogen-bond donors (Lipinski definition) is 0. The molecule has 0 fully saturated rings. The van der Waals surface area contributed by atoms with Crippen LogP contribution >= 0.6 is 0 Å². The minimum Gasteiger partial charge on any atom is -0.382 e. The summed E-state index contributed by atoms with van der Waals surface area (Å²) < 4.78 is 5.37. The first-order chi connectivity index (χ1) is 7.92. The fourth-order valence-corrected chi connectivity index (χ4v) is 2.02. The van der Waals surface area contributed by atoms with Crippen LogP contribution in [0.3, 0.4) is 0 Å². The maximum Gasteiger partial charge on any atom is 0.0469 e. The Bertz CT molecular complexity index is 443. The summed E-state index contributed by atoms with van der Waals surface area (Å²) in [5, 5.41) is 2.71. The number of rotatable bonds is 5. The molecule has 0 N–H and O–H groups in total. The third kappa shape index (κ3) is 2.61. The molecule has 0 aromatic heterocycles. The van der Waals surface area contributed by atoms with Crippen molar-refractivity contribution in [3.8, 4) is 0 Å². The third-order valence-electron chi connectivity index (χ3n) is 2.82. The minimum atomic E-state index is 0.815. The maximum absolute atomic E-state index is 5.37. The van der Waals surface area contributed by atoms with Gasteiger partial charge in [-0.1, -0.05) is 42.5 Å². The molecular weight excluding hydrogens is 196 g/mol. The Morgan fingerprint density at radius 1 is 1.00 bits per heavy atom. The molecule has 0 unspecified atom stereocenters. The molecule has 84 valence electrons. The maximum atomic E-state index is 5.37. The number of benzene rings is 2. The minimum absolute atomic E-state index is 0.815. The topological polar surface area (TPSA) is 9.23 Å². The molecule has 1 heteroatoms. The number of ether oxygens (including phenoxy) is 1. The quantitative estimate of drug-likeness (QED) is 0.688. The van der Waals surface area contributed by atoms with E-state index in [2.05, 4.69) is 42.5 Å². The molecular formula is C15H18O. The first-order valence-electron chi connectivity index (χ1n) is 5.96. The molecule has 0 bridgehead atoms. The Balaban J connectivity index is 2.11. The van der Waals surface area contributed by atoms with Crippen molar-refractivity contribution in [2.24, 2.45) is 0 Å². The second-order valence-electron chi connectivity index (χ2n) is 3.94. The van der Waals surface area contributed by atoms with E-state index in [1.165, 1.54) is 16.3 Å². The van der Waals surface area contributed by atoms with Crippen LogP contribution in [0.15, 0.2) is 42.5 Å². The Morgan fingerprint density at radius 3 is 2.69 bits per heavy atom. The first kappa shape index (κ1) is 11.2. The van der Waals surface area contributed by atoms with Gasteiger partial charge in [-0.15, -0.1) is 0 Å². The molecule has 0 saturated carbocycles. The van der Waals surface area contributed by atoms with Gasteiger partial charge in [0.15, 0.2) is 0 Å². The predicted molar refractivity (Wildman–Crippen MR) is 68.8 cm³/mol. The molecule has 0 amide bonds. The third-order valence-corrected chi connectivity index (χ3v) is 2.82. The summed E-state index contributed by atoms with van der Waals surface area (Å²) in [4.78, 5) is 0. The molecule has 2 aromatic rings. The number of hydrogen-bond acceptors (Lipinski definition) is 1. The summed E-state index contributed by atoms with van der Waals surface area (Å²) in [5.41, 5.74) is 1.43. The average Bonchev–Trinajstić information content (AvgIpc) is 2.35. The zero-order valence-electron chi connectivity index (χ0n) is 9.78. The van der Waals surface area contributed by atoms with E-state index in [1.54, 1.807) is 0 Å². The van der Waals surface area contributed by atoms with E-state index in [4.69, 9.17) is 4.74 Å². The highest BCUT2D eigenvalue weighted by atomic mass is 16.5. The fraction of sp³-hybridized carbons (Fsp3) is 0.333. The van der Waals surface area contributed by atoms with Crippen LogP contribution in [0.5, 0.6) is 0 Å². The van der Waals surface area contributed by atoms with Crippen molar-refractivity contribution in [3.05, 3.63) is 48.0 Å². The lowest BCUT2D eigenvalue weighted by atomic mass is 10.0. The summed E-state index contributed by atoms with van der Waals surface area (Å²) in [6.07, 6.45) is 2.20. The lowest BCUT2D eigenvalue weighted by Crippen LogP contribution is -1.96. The molecule has 0 radical (unpaired) electrons. The summed E-state index contributed by atoms with van der Waals surface area (Å²) in [6.45, 7) is 3.72. The van der Waals surface area contributed by atoms with Crippen LogP contribution < -0.4 is 0 Å². The monoisotopic (exact) mass is 214 g/mol. The van der Waals surface area contributed by atoms with Gasteiger partial charge >= 0.3 is 0 Å². The van der Waals surface area contributed by atoms with Gasteiger partial charge < -0.3 is 4.74 Å². The van der Waals surface area contributed by atoms with Crippen molar-refractivity contribution >= 4 is 10.8 Å². The molecule has 2 rings (SSSR count). The molecule has 0 aliphatic carbocycles. The van der Waals surface area contributed by atoms with E-state index in [1.807, 2.05) is 6.92 Å². The first-order valence-corrected chi connectivity index (χ1v) is 5.96. The highest BCUT2D eigenvalue weighted by molar-refractivity contribution is 5.85. The standard InChI is InChI=1S/C15H18O/c1-2-16-12-6-10-14-9-5-8-13-7-3-4-11-15(13)14/h3-5,7-9,11H,2,6,10,12H2,1H3. The van der Waals surface area contributed by atoms with Gasteiger partial charge in [0.2, 0.25) is 0 Å². The summed E-state index contributed by atoms with van der Waals surface area (Å²) in [7, 11) is 0. The van der Waals surface area contributed by atoms with Crippen LogP contribution in [0.2, 0.25) is 0 Å². The molecule has 0 heterocycles. The predicted octanol–water partition coefficient (Wildman–Crippen LogP) is 3.81. The highest BCUT2D eigenvalue weighted by Gasteiger charge is 1.99. The van der Waals surface area contributed by atoms with E-state index >= 15 is 0 Å². The lowest BCUT2D eigenvalue weighted by molar-refractivity contribution is 0.145. The normalized spacial score (nSPS) is 10.8. The van der Waals surface area contributed by atoms with Crippen molar-refractivity contribution in [1.82, 2.24) is 0 Å². The van der Waals surface area contributed by atoms with E-state index < -0.39 is 0 Å². The van der Waals surface area contributed by atoms with Crippen LogP contribution in [0.4, 0.5) is 0 Å². The highest BCUT2D eigenvalue weighted by Crippen LogP contribution is 2.19. The SMILES string of the molecule is CCOCCCc1cccc2ccccc12. The van der Waals surface area contributed by atoms with Crippen LogP contribution in [-0.4, -0.2) is 13.2 Å². The Labute approximate surface area is 97.1 Å². The number of fused-ring (bicyclic) bond motifs is 1. The van der Waals surface area contributed by atoms with Gasteiger partial charge in [-0.25, -0.2) is 0 Å². The number of aryl methyl sites for hydroxylation is 1. The van der Waals surface area contributed by atoms with Crippen LogP contribution in [0.25, 0.3) is 10.8 Å². The van der Waals surface area contributed by atoms with Crippen LogP contribution in [0.1, 0.15) is 18.9 Å². The Kier molecular flexibility index (Phi) is 3.95. The molecule has 0 saturated heterocycles. The lowest BCUT2D eigenvalue weighted by Gasteiger charge is -2.06. The van der Waals surface area contributed by atoms with Crippen LogP contribution in [-0.2, 0) is 11.2 Å². The molecule has 16 heavy (non-hydrogen) atoms. The van der Waals surface area contributed by atoms with Gasteiger partial charge in [-0.05, 0) is 36.1 Å². The van der Waals surface area contributed by atoms with Gasteiger partial charge in [0.1, 0.15) is 0 Å². The van der Waals surface area contributed by atoms with Gasteiger partial charge in [0.05, 0.1) is 0 Å². The molecule has 0 aliphatic heterocycles. The van der Waals surface area contributed by atoms with Gasteiger partial charge in [0.25, 0.3) is 0 Å². The largest absolute Gasteiger partial charge is 0.382 e. The van der Waals surface area contributed by atoms with Crippen molar-refractivity contribution in [2.75, 3.05) is 13.2 Å². The smallest absolute Gasteiger partial charge is 0.0469 e. The van der Waals surface area contributed by atoms with E-state index in [0.29, 0.717) is 0 Å². The second kappa shape index (κ2) is 5.66. The van der Waals surface area contributed by atoms with Gasteiger partial charge in [-0.3, -0.25) is 0 Å². The van der Waals surface area contributed by atoms with Crippen molar-refractivity contribution < 1.29 is 4.74 Å².